The Bertz CT molecular complexity index is 275. The van der Waals surface area contributed by atoms with Crippen molar-refractivity contribution in [2.45, 2.75) is 19.3 Å². The molecule has 98 valence electrons. The van der Waals surface area contributed by atoms with E-state index >= 15 is 0 Å². The molecule has 3 N–H and O–H groups in total. The van der Waals surface area contributed by atoms with Crippen LogP contribution in [0, 0.1) is 11.3 Å². The number of aliphatic carboxylic acids is 1. The molecule has 5 heteroatoms. The smallest absolute Gasteiger partial charge is 0.311 e. The predicted octanol–water partition coefficient (Wildman–Crippen LogP) is 0.148. The summed E-state index contributed by atoms with van der Waals surface area (Å²) in [6.45, 7) is 4.41. The molecule has 1 aliphatic carbocycles. The zero-order chi connectivity index (χ0) is 12.3. The van der Waals surface area contributed by atoms with E-state index in [2.05, 4.69) is 4.90 Å². The highest BCUT2D eigenvalue weighted by molar-refractivity contribution is 5.76. The first-order valence-corrected chi connectivity index (χ1v) is 6.42. The number of ether oxygens (including phenoxy) is 1. The van der Waals surface area contributed by atoms with Gasteiger partial charge in [0.2, 0.25) is 0 Å². The molecule has 0 aromatic heterocycles. The molecule has 0 amide bonds. The van der Waals surface area contributed by atoms with E-state index < -0.39 is 11.4 Å². The van der Waals surface area contributed by atoms with Crippen molar-refractivity contribution in [3.05, 3.63) is 0 Å². The first kappa shape index (κ1) is 12.8. The van der Waals surface area contributed by atoms with Gasteiger partial charge in [-0.1, -0.05) is 0 Å². The lowest BCUT2D eigenvalue weighted by molar-refractivity contribution is -0.150. The van der Waals surface area contributed by atoms with Crippen LogP contribution in [-0.4, -0.2) is 55.4 Å². The molecule has 17 heavy (non-hydrogen) atoms. The SMILES string of the molecule is NCC(CCN1CCOCC1)(C(=O)O)C1CC1. The number of nitrogens with two attached hydrogens (primary N) is 1. The summed E-state index contributed by atoms with van der Waals surface area (Å²) in [7, 11) is 0. The van der Waals surface area contributed by atoms with Gasteiger partial charge >= 0.3 is 5.97 Å². The molecule has 1 unspecified atom stereocenters. The molecular formula is C12H22N2O3. The van der Waals surface area contributed by atoms with Crippen LogP contribution in [0.25, 0.3) is 0 Å². The minimum absolute atomic E-state index is 0.261. The molecule has 1 atom stereocenters. The van der Waals surface area contributed by atoms with E-state index in [0.29, 0.717) is 12.3 Å². The van der Waals surface area contributed by atoms with Crippen molar-refractivity contribution in [2.75, 3.05) is 39.4 Å². The summed E-state index contributed by atoms with van der Waals surface area (Å²) in [6.07, 6.45) is 2.71. The first-order valence-electron chi connectivity index (χ1n) is 6.42. The summed E-state index contributed by atoms with van der Waals surface area (Å²) in [4.78, 5) is 13.8. The van der Waals surface area contributed by atoms with Gasteiger partial charge < -0.3 is 15.6 Å². The molecule has 0 spiro atoms. The zero-order valence-electron chi connectivity index (χ0n) is 10.2. The minimum atomic E-state index is -0.712. The highest BCUT2D eigenvalue weighted by Gasteiger charge is 2.49. The van der Waals surface area contributed by atoms with Crippen molar-refractivity contribution in [1.82, 2.24) is 4.90 Å². The summed E-state index contributed by atoms with van der Waals surface area (Å²) in [5, 5.41) is 9.44. The number of morpholine rings is 1. The molecule has 1 saturated carbocycles. The van der Waals surface area contributed by atoms with E-state index in [1.807, 2.05) is 0 Å². The second-order valence-electron chi connectivity index (χ2n) is 5.14. The molecule has 1 aliphatic heterocycles. The average molecular weight is 242 g/mol. The van der Waals surface area contributed by atoms with E-state index in [0.717, 1.165) is 45.7 Å². The van der Waals surface area contributed by atoms with Gasteiger partial charge in [-0.25, -0.2) is 0 Å². The molecular weight excluding hydrogens is 220 g/mol. The molecule has 1 heterocycles. The molecule has 0 aromatic carbocycles. The van der Waals surface area contributed by atoms with Crippen LogP contribution in [0.4, 0.5) is 0 Å². The predicted molar refractivity (Wildman–Crippen MR) is 63.7 cm³/mol. The lowest BCUT2D eigenvalue weighted by Crippen LogP contribution is -2.45. The van der Waals surface area contributed by atoms with Gasteiger partial charge in [0.25, 0.3) is 0 Å². The van der Waals surface area contributed by atoms with Gasteiger partial charge in [-0.2, -0.15) is 0 Å². The van der Waals surface area contributed by atoms with Crippen LogP contribution in [0.3, 0.4) is 0 Å². The maximum atomic E-state index is 11.5. The van der Waals surface area contributed by atoms with E-state index in [-0.39, 0.29) is 6.54 Å². The van der Waals surface area contributed by atoms with Gasteiger partial charge in [-0.15, -0.1) is 0 Å². The van der Waals surface area contributed by atoms with Crippen molar-refractivity contribution in [1.29, 1.82) is 0 Å². The Labute approximate surface area is 102 Å². The quantitative estimate of drug-likeness (QED) is 0.693. The maximum absolute atomic E-state index is 11.5. The average Bonchev–Trinajstić information content (AvgIpc) is 3.16. The van der Waals surface area contributed by atoms with Gasteiger partial charge in [0.1, 0.15) is 0 Å². The van der Waals surface area contributed by atoms with Crippen molar-refractivity contribution in [2.24, 2.45) is 17.1 Å². The van der Waals surface area contributed by atoms with E-state index in [1.165, 1.54) is 0 Å². The number of nitrogens with zero attached hydrogens (tertiary/aromatic N) is 1. The van der Waals surface area contributed by atoms with E-state index in [9.17, 15) is 9.90 Å². The van der Waals surface area contributed by atoms with Crippen LogP contribution >= 0.6 is 0 Å². The molecule has 0 bridgehead atoms. The third-order valence-electron chi connectivity index (χ3n) is 4.13. The molecule has 0 radical (unpaired) electrons. The standard InChI is InChI=1S/C12H22N2O3/c13-9-12(11(15)16,10-1-2-10)3-4-14-5-7-17-8-6-14/h10H,1-9,13H2,(H,15,16). The third-order valence-corrected chi connectivity index (χ3v) is 4.13. The van der Waals surface area contributed by atoms with Crippen LogP contribution in [0.2, 0.25) is 0 Å². The van der Waals surface area contributed by atoms with Crippen LogP contribution in [0.5, 0.6) is 0 Å². The van der Waals surface area contributed by atoms with Gasteiger partial charge in [-0.05, 0) is 31.7 Å². The summed E-state index contributed by atoms with van der Waals surface area (Å²) < 4.78 is 5.28. The fourth-order valence-electron chi connectivity index (χ4n) is 2.66. The first-order chi connectivity index (χ1) is 8.19. The monoisotopic (exact) mass is 242 g/mol. The summed E-state index contributed by atoms with van der Waals surface area (Å²) in [6, 6.07) is 0. The molecule has 2 fully saturated rings. The normalized spacial score (nSPS) is 25.5. The number of rotatable bonds is 6. The van der Waals surface area contributed by atoms with Crippen LogP contribution < -0.4 is 5.73 Å². The molecule has 5 nitrogen and oxygen atoms in total. The third kappa shape index (κ3) is 2.78. The molecule has 2 rings (SSSR count). The van der Waals surface area contributed by atoms with Gasteiger partial charge in [-0.3, -0.25) is 9.69 Å². The Morgan fingerprint density at radius 2 is 2.06 bits per heavy atom. The Hall–Kier alpha value is -0.650. The van der Waals surface area contributed by atoms with Crippen molar-refractivity contribution in [3.8, 4) is 0 Å². The van der Waals surface area contributed by atoms with Gasteiger partial charge in [0.15, 0.2) is 0 Å². The van der Waals surface area contributed by atoms with Crippen molar-refractivity contribution >= 4 is 5.97 Å². The second kappa shape index (κ2) is 5.33. The molecule has 1 saturated heterocycles. The number of hydrogen-bond acceptors (Lipinski definition) is 4. The Morgan fingerprint density at radius 3 is 2.53 bits per heavy atom. The topological polar surface area (TPSA) is 75.8 Å². The van der Waals surface area contributed by atoms with Crippen molar-refractivity contribution < 1.29 is 14.6 Å². The molecule has 2 aliphatic rings. The summed E-state index contributed by atoms with van der Waals surface area (Å²) >= 11 is 0. The highest BCUT2D eigenvalue weighted by atomic mass is 16.5. The maximum Gasteiger partial charge on any atom is 0.311 e. The lowest BCUT2D eigenvalue weighted by Gasteiger charge is -2.33. The Balaban J connectivity index is 1.90. The fourth-order valence-corrected chi connectivity index (χ4v) is 2.66. The number of carbonyl (C=O) groups is 1. The minimum Gasteiger partial charge on any atom is -0.481 e. The number of hydrogen-bond donors (Lipinski definition) is 2. The second-order valence-corrected chi connectivity index (χ2v) is 5.14. The van der Waals surface area contributed by atoms with Crippen molar-refractivity contribution in [3.63, 3.8) is 0 Å². The van der Waals surface area contributed by atoms with Gasteiger partial charge in [0, 0.05) is 19.6 Å². The Kier molecular flexibility index (Phi) is 4.01. The summed E-state index contributed by atoms with van der Waals surface area (Å²) in [5.41, 5.74) is 5.06. The van der Waals surface area contributed by atoms with E-state index in [1.54, 1.807) is 0 Å². The largest absolute Gasteiger partial charge is 0.481 e. The molecule has 0 aromatic rings. The van der Waals surface area contributed by atoms with Crippen LogP contribution in [0.15, 0.2) is 0 Å². The number of carboxylic acids is 1. The number of carboxylic acid groups (broad SMARTS) is 1. The summed E-state index contributed by atoms with van der Waals surface area (Å²) in [5.74, 6) is -0.415. The lowest BCUT2D eigenvalue weighted by atomic mass is 9.79. The Morgan fingerprint density at radius 1 is 1.41 bits per heavy atom. The zero-order valence-corrected chi connectivity index (χ0v) is 10.2. The van der Waals surface area contributed by atoms with Gasteiger partial charge in [0.05, 0.1) is 18.6 Å². The van der Waals surface area contributed by atoms with Crippen LogP contribution in [0.1, 0.15) is 19.3 Å². The highest BCUT2D eigenvalue weighted by Crippen LogP contribution is 2.47. The fraction of sp³-hybridized carbons (Fsp3) is 0.917. The van der Waals surface area contributed by atoms with Crippen LogP contribution in [-0.2, 0) is 9.53 Å². The van der Waals surface area contributed by atoms with E-state index in [4.69, 9.17) is 10.5 Å².